The van der Waals surface area contributed by atoms with Crippen LogP contribution < -0.4 is 93.8 Å². The molecule has 0 aromatic heterocycles. The molecular weight excluding hydrogens is 261 g/mol. The second-order valence-electron chi connectivity index (χ2n) is 1.71. The van der Waals surface area contributed by atoms with E-state index >= 15 is 0 Å². The first-order chi connectivity index (χ1) is 4.92. The van der Waals surface area contributed by atoms with Gasteiger partial charge >= 0.3 is 88.7 Å². The zero-order valence-electron chi connectivity index (χ0n) is 8.48. The molecule has 0 fully saturated rings. The fourth-order valence-corrected chi connectivity index (χ4v) is 1.81. The molecule has 0 saturated carbocycles. The van der Waals surface area contributed by atoms with Gasteiger partial charge in [0.2, 0.25) is 10.3 Å². The van der Waals surface area contributed by atoms with Crippen molar-refractivity contribution in [3.05, 3.63) is 0 Å². The van der Waals surface area contributed by atoms with Crippen molar-refractivity contribution < 1.29 is 112 Å². The number of carboxylic acids is 1. The van der Waals surface area contributed by atoms with E-state index in [1.54, 1.807) is 0 Å². The normalized spacial score (nSPS) is 8.71. The summed E-state index contributed by atoms with van der Waals surface area (Å²) in [7, 11) is -4.07. The molecule has 0 aromatic rings. The molecule has 5 nitrogen and oxygen atoms in total. The van der Waals surface area contributed by atoms with Gasteiger partial charge in [0, 0.05) is 12.4 Å². The van der Waals surface area contributed by atoms with E-state index in [-0.39, 0.29) is 118 Å². The van der Waals surface area contributed by atoms with Crippen molar-refractivity contribution in [2.45, 2.75) is 12.8 Å². The maximum absolute atomic E-state index is 9.92. The summed E-state index contributed by atoms with van der Waals surface area (Å²) in [6.07, 6.45) is -0.0863. The standard InChI is InChI=1S/C4H8O5S2.3Na/c5-4(6)2-1-3-10-11(7,8)9;;;/h1-3H2,(H2-,5,6,7,8,9);;;/q;3*+1/p-2. The third-order valence-corrected chi connectivity index (χ3v) is 2.86. The molecule has 0 spiro atoms. The van der Waals surface area contributed by atoms with Crippen LogP contribution in [0.5, 0.6) is 0 Å². The molecule has 0 aliphatic rings. The maximum atomic E-state index is 9.92. The number of hydrogen-bond donors (Lipinski definition) is 0. The average molecular weight is 267 g/mol. The fourth-order valence-electron chi connectivity index (χ4n) is 0.377. The molecule has 0 aromatic carbocycles. The Morgan fingerprint density at radius 2 is 1.64 bits per heavy atom. The summed E-state index contributed by atoms with van der Waals surface area (Å²) in [4.78, 5) is 9.78. The van der Waals surface area contributed by atoms with Gasteiger partial charge in [-0.15, -0.1) is 0 Å². The Kier molecular flexibility index (Phi) is 25.2. The van der Waals surface area contributed by atoms with Gasteiger partial charge < -0.3 is 19.0 Å². The van der Waals surface area contributed by atoms with Crippen LogP contribution in [0.2, 0.25) is 0 Å². The van der Waals surface area contributed by atoms with E-state index < -0.39 is 15.0 Å². The molecule has 0 bridgehead atoms. The van der Waals surface area contributed by atoms with Crippen LogP contribution in [0.25, 0.3) is 0 Å². The second-order valence-corrected chi connectivity index (χ2v) is 5.10. The zero-order chi connectivity index (χ0) is 8.91. The molecule has 0 rings (SSSR count). The Morgan fingerprint density at radius 3 is 1.93 bits per heavy atom. The van der Waals surface area contributed by atoms with Gasteiger partial charge in [0.1, 0.15) is 0 Å². The zero-order valence-corrected chi connectivity index (χ0v) is 16.1. The van der Waals surface area contributed by atoms with Gasteiger partial charge in [-0.2, -0.15) is 0 Å². The third kappa shape index (κ3) is 24.1. The van der Waals surface area contributed by atoms with E-state index in [1.807, 2.05) is 0 Å². The van der Waals surface area contributed by atoms with Crippen molar-refractivity contribution >= 4 is 25.3 Å². The van der Waals surface area contributed by atoms with E-state index in [2.05, 4.69) is 0 Å². The smallest absolute Gasteiger partial charge is 0.746 e. The van der Waals surface area contributed by atoms with Gasteiger partial charge in [-0.1, -0.05) is 0 Å². The number of rotatable bonds is 4. The van der Waals surface area contributed by atoms with E-state index in [0.717, 1.165) is 0 Å². The minimum absolute atomic E-state index is 0. The van der Waals surface area contributed by atoms with Gasteiger partial charge in [-0.3, -0.25) is 0 Å². The molecule has 0 aliphatic carbocycles. The molecule has 14 heavy (non-hydrogen) atoms. The molecule has 0 amide bonds. The van der Waals surface area contributed by atoms with Gasteiger partial charge in [0.25, 0.3) is 0 Å². The first-order valence-electron chi connectivity index (χ1n) is 2.72. The first kappa shape index (κ1) is 25.6. The van der Waals surface area contributed by atoms with Crippen LogP contribution in [0.15, 0.2) is 0 Å². The van der Waals surface area contributed by atoms with Crippen molar-refractivity contribution in [2.75, 3.05) is 5.75 Å². The van der Waals surface area contributed by atoms with Crippen LogP contribution in [0.4, 0.5) is 0 Å². The summed E-state index contributed by atoms with van der Waals surface area (Å²) in [6.45, 7) is 0. The summed E-state index contributed by atoms with van der Waals surface area (Å²) in [5.74, 6) is -1.24. The molecule has 0 N–H and O–H groups in total. The van der Waals surface area contributed by atoms with Crippen LogP contribution in [-0.2, 0) is 24.2 Å². The number of carbonyl (C=O) groups is 1. The summed E-state index contributed by atoms with van der Waals surface area (Å²) in [6, 6.07) is 0. The van der Waals surface area contributed by atoms with E-state index in [9.17, 15) is 23.2 Å². The molecule has 10 heteroatoms. The first-order valence-corrected chi connectivity index (χ1v) is 5.63. The quantitative estimate of drug-likeness (QED) is 0.286. The Hall–Kier alpha value is 2.76. The van der Waals surface area contributed by atoms with Gasteiger partial charge in [-0.25, -0.2) is 4.21 Å². The molecule has 0 aliphatic heterocycles. The monoisotopic (exact) mass is 267 g/mol. The number of carboxylic acid groups (broad SMARTS) is 1. The topological polar surface area (TPSA) is 103 Å². The van der Waals surface area contributed by atoms with Crippen LogP contribution in [0.1, 0.15) is 12.8 Å². The molecule has 66 valence electrons. The molecule has 0 heterocycles. The number of hydrogen-bond acceptors (Lipinski definition) is 5. The average Bonchev–Trinajstić information content (AvgIpc) is 1.78. The summed E-state index contributed by atoms with van der Waals surface area (Å²) >= 11 is 0. The maximum Gasteiger partial charge on any atom is 1.00 e. The molecule has 0 atom stereocenters. The summed E-state index contributed by atoms with van der Waals surface area (Å²) in [5.41, 5.74) is 0. The fraction of sp³-hybridized carbons (Fsp3) is 0.750. The van der Waals surface area contributed by atoms with Crippen molar-refractivity contribution in [3.8, 4) is 0 Å². The molecular formula is C4H6Na3O5S2+. The van der Waals surface area contributed by atoms with Crippen molar-refractivity contribution in [1.82, 2.24) is 0 Å². The van der Waals surface area contributed by atoms with Crippen LogP contribution in [0.3, 0.4) is 0 Å². The van der Waals surface area contributed by atoms with Gasteiger partial charge in [0.05, 0.1) is 9.05 Å². The minimum Gasteiger partial charge on any atom is -0.746 e. The molecule has 0 radical (unpaired) electrons. The molecule has 0 saturated heterocycles. The van der Waals surface area contributed by atoms with E-state index in [0.29, 0.717) is 0 Å². The Labute approximate surface area is 153 Å². The van der Waals surface area contributed by atoms with E-state index in [1.165, 1.54) is 0 Å². The largest absolute Gasteiger partial charge is 1.00 e. The third-order valence-electron chi connectivity index (χ3n) is 0.753. The van der Waals surface area contributed by atoms with Gasteiger partial charge in [-0.05, 0) is 6.42 Å². The van der Waals surface area contributed by atoms with Crippen molar-refractivity contribution in [2.24, 2.45) is 0 Å². The van der Waals surface area contributed by atoms with Crippen molar-refractivity contribution in [3.63, 3.8) is 0 Å². The SMILES string of the molecule is O=C([O-])CCC[S+]=S(=O)([O-])[O-].[Na+].[Na+].[Na+]. The summed E-state index contributed by atoms with van der Waals surface area (Å²) < 4.78 is 29.8. The Morgan fingerprint density at radius 1 is 1.21 bits per heavy atom. The van der Waals surface area contributed by atoms with Crippen molar-refractivity contribution in [1.29, 1.82) is 0 Å². The predicted molar refractivity (Wildman–Crippen MR) is 36.2 cm³/mol. The van der Waals surface area contributed by atoms with E-state index in [4.69, 9.17) is 0 Å². The number of aliphatic carboxylic acids is 1. The van der Waals surface area contributed by atoms with Crippen LogP contribution in [-0.4, -0.2) is 25.0 Å². The molecule has 0 unspecified atom stereocenters. The predicted octanol–water partition coefficient (Wildman–Crippen LogP) is -10.9. The van der Waals surface area contributed by atoms with Crippen LogP contribution >= 0.6 is 0 Å². The second kappa shape index (κ2) is 13.8. The Balaban J connectivity index is -0.000000167. The summed E-state index contributed by atoms with van der Waals surface area (Å²) in [5, 5.41) is 9.78. The minimum atomic E-state index is -4.27. The van der Waals surface area contributed by atoms with Gasteiger partial charge in [0.15, 0.2) is 5.75 Å². The number of carbonyl (C=O) groups excluding carboxylic acids is 1. The Bertz CT molecular complexity index is 241. The van der Waals surface area contributed by atoms with Crippen LogP contribution in [0, 0.1) is 0 Å².